The lowest BCUT2D eigenvalue weighted by molar-refractivity contribution is 0.511. The summed E-state index contributed by atoms with van der Waals surface area (Å²) in [4.78, 5) is 4.58. The molecule has 0 aliphatic carbocycles. The number of aromatic nitrogens is 1. The van der Waals surface area contributed by atoms with Gasteiger partial charge < -0.3 is 9.73 Å². The van der Waals surface area contributed by atoms with Gasteiger partial charge in [-0.2, -0.15) is 0 Å². The van der Waals surface area contributed by atoms with Crippen LogP contribution in [-0.4, -0.2) is 4.98 Å². The largest absolute Gasteiger partial charge is 0.444 e. The molecule has 2 aromatic carbocycles. The van der Waals surface area contributed by atoms with Crippen molar-refractivity contribution in [1.29, 1.82) is 0 Å². The quantitative estimate of drug-likeness (QED) is 0.704. The van der Waals surface area contributed by atoms with E-state index in [4.69, 9.17) is 4.42 Å². The van der Waals surface area contributed by atoms with E-state index >= 15 is 0 Å². The molecule has 0 bridgehead atoms. The summed E-state index contributed by atoms with van der Waals surface area (Å²) in [6.07, 6.45) is 2.77. The Morgan fingerprint density at radius 3 is 2.48 bits per heavy atom. The van der Waals surface area contributed by atoms with Crippen molar-refractivity contribution in [1.82, 2.24) is 10.3 Å². The fraction of sp³-hybridized carbons (Fsp3) is 0.250. The van der Waals surface area contributed by atoms with Crippen LogP contribution in [0.4, 0.5) is 0 Å². The molecule has 3 aromatic rings. The van der Waals surface area contributed by atoms with Gasteiger partial charge in [0, 0.05) is 18.2 Å². The van der Waals surface area contributed by atoms with Crippen LogP contribution in [0.1, 0.15) is 36.2 Å². The maximum atomic E-state index is 5.61. The highest BCUT2D eigenvalue weighted by molar-refractivity contribution is 5.53. The van der Waals surface area contributed by atoms with E-state index in [-0.39, 0.29) is 0 Å². The van der Waals surface area contributed by atoms with Gasteiger partial charge in [-0.05, 0) is 31.0 Å². The monoisotopic (exact) mass is 306 g/mol. The molecule has 0 saturated carbocycles. The molecule has 0 fully saturated rings. The smallest absolute Gasteiger partial charge is 0.226 e. The fourth-order valence-corrected chi connectivity index (χ4v) is 2.63. The second-order valence-corrected chi connectivity index (χ2v) is 5.76. The molecule has 23 heavy (non-hydrogen) atoms. The van der Waals surface area contributed by atoms with Crippen LogP contribution >= 0.6 is 0 Å². The lowest BCUT2D eigenvalue weighted by Crippen LogP contribution is -2.20. The predicted molar refractivity (Wildman–Crippen MR) is 93.0 cm³/mol. The number of oxazole rings is 1. The number of nitrogens with one attached hydrogen (secondary N) is 1. The predicted octanol–water partition coefficient (Wildman–Crippen LogP) is 4.89. The van der Waals surface area contributed by atoms with Crippen LogP contribution < -0.4 is 5.32 Å². The number of nitrogens with zero attached hydrogens (tertiary/aromatic N) is 1. The van der Waals surface area contributed by atoms with Crippen molar-refractivity contribution in [2.45, 2.75) is 32.9 Å². The normalized spacial score (nSPS) is 12.3. The van der Waals surface area contributed by atoms with Crippen LogP contribution in [0, 0.1) is 6.92 Å². The number of aryl methyl sites for hydroxylation is 1. The minimum atomic E-state index is 0.329. The lowest BCUT2D eigenvalue weighted by atomic mass is 10.0. The van der Waals surface area contributed by atoms with Gasteiger partial charge in [0.25, 0.3) is 0 Å². The van der Waals surface area contributed by atoms with Crippen molar-refractivity contribution in [3.8, 4) is 11.5 Å². The van der Waals surface area contributed by atoms with Crippen molar-refractivity contribution in [3.63, 3.8) is 0 Å². The first-order valence-corrected chi connectivity index (χ1v) is 8.06. The summed E-state index contributed by atoms with van der Waals surface area (Å²) in [5.74, 6) is 0.676. The van der Waals surface area contributed by atoms with E-state index in [1.54, 1.807) is 6.26 Å². The van der Waals surface area contributed by atoms with Gasteiger partial charge in [0.2, 0.25) is 5.89 Å². The highest BCUT2D eigenvalue weighted by Gasteiger charge is 2.11. The lowest BCUT2D eigenvalue weighted by Gasteiger charge is -2.16. The highest BCUT2D eigenvalue weighted by atomic mass is 16.3. The molecule has 0 spiro atoms. The first kappa shape index (κ1) is 15.5. The highest BCUT2D eigenvalue weighted by Crippen LogP contribution is 2.20. The van der Waals surface area contributed by atoms with Gasteiger partial charge in [-0.25, -0.2) is 4.98 Å². The zero-order valence-corrected chi connectivity index (χ0v) is 13.6. The SMILES string of the molecule is CCC(NCc1coc(-c2ccc(C)cc2)n1)c1ccccc1. The minimum absolute atomic E-state index is 0.329. The Bertz CT molecular complexity index is 732. The second kappa shape index (κ2) is 7.25. The van der Waals surface area contributed by atoms with Gasteiger partial charge in [0.05, 0.1) is 5.69 Å². The summed E-state index contributed by atoms with van der Waals surface area (Å²) < 4.78 is 5.61. The van der Waals surface area contributed by atoms with E-state index in [0.29, 0.717) is 18.5 Å². The van der Waals surface area contributed by atoms with E-state index < -0.39 is 0 Å². The molecule has 3 heteroatoms. The minimum Gasteiger partial charge on any atom is -0.444 e. The maximum Gasteiger partial charge on any atom is 0.226 e. The molecule has 0 saturated heterocycles. The molecule has 0 aliphatic heterocycles. The summed E-state index contributed by atoms with van der Waals surface area (Å²) in [7, 11) is 0. The second-order valence-electron chi connectivity index (χ2n) is 5.76. The zero-order valence-electron chi connectivity index (χ0n) is 13.6. The van der Waals surface area contributed by atoms with Gasteiger partial charge in [-0.15, -0.1) is 0 Å². The topological polar surface area (TPSA) is 38.1 Å². The molecular weight excluding hydrogens is 284 g/mol. The molecule has 0 aliphatic rings. The Balaban J connectivity index is 1.66. The van der Waals surface area contributed by atoms with Crippen LogP contribution in [0.3, 0.4) is 0 Å². The molecule has 0 amide bonds. The first-order chi connectivity index (χ1) is 11.3. The van der Waals surface area contributed by atoms with E-state index in [9.17, 15) is 0 Å². The summed E-state index contributed by atoms with van der Waals surface area (Å²) in [6.45, 7) is 4.96. The third-order valence-corrected chi connectivity index (χ3v) is 3.99. The summed E-state index contributed by atoms with van der Waals surface area (Å²) in [5.41, 5.74) is 4.47. The molecule has 1 aromatic heterocycles. The van der Waals surface area contributed by atoms with Crippen LogP contribution in [0.2, 0.25) is 0 Å². The van der Waals surface area contributed by atoms with Crippen LogP contribution in [-0.2, 0) is 6.54 Å². The third kappa shape index (κ3) is 3.88. The third-order valence-electron chi connectivity index (χ3n) is 3.99. The van der Waals surface area contributed by atoms with Crippen LogP contribution in [0.5, 0.6) is 0 Å². The van der Waals surface area contributed by atoms with Gasteiger partial charge in [-0.3, -0.25) is 0 Å². The molecule has 1 unspecified atom stereocenters. The van der Waals surface area contributed by atoms with Crippen molar-refractivity contribution >= 4 is 0 Å². The molecule has 3 nitrogen and oxygen atoms in total. The van der Waals surface area contributed by atoms with Gasteiger partial charge in [0.1, 0.15) is 6.26 Å². The number of hydrogen-bond acceptors (Lipinski definition) is 3. The Labute approximate surface area is 137 Å². The van der Waals surface area contributed by atoms with E-state index in [0.717, 1.165) is 17.7 Å². The van der Waals surface area contributed by atoms with E-state index in [1.165, 1.54) is 11.1 Å². The number of hydrogen-bond donors (Lipinski definition) is 1. The zero-order chi connectivity index (χ0) is 16.1. The summed E-state index contributed by atoms with van der Waals surface area (Å²) in [5, 5.41) is 3.55. The van der Waals surface area contributed by atoms with E-state index in [2.05, 4.69) is 60.5 Å². The average molecular weight is 306 g/mol. The Morgan fingerprint density at radius 2 is 1.78 bits per heavy atom. The van der Waals surface area contributed by atoms with Gasteiger partial charge in [-0.1, -0.05) is 55.0 Å². The molecule has 1 N–H and O–H groups in total. The molecule has 0 radical (unpaired) electrons. The molecular formula is C20H22N2O. The van der Waals surface area contributed by atoms with E-state index in [1.807, 2.05) is 18.2 Å². The van der Waals surface area contributed by atoms with Crippen LogP contribution in [0.15, 0.2) is 65.3 Å². The molecule has 1 atom stereocenters. The number of benzene rings is 2. The maximum absolute atomic E-state index is 5.61. The molecule has 118 valence electrons. The summed E-state index contributed by atoms with van der Waals surface area (Å²) >= 11 is 0. The molecule has 3 rings (SSSR count). The standard InChI is InChI=1S/C20H22N2O/c1-3-19(16-7-5-4-6-8-16)21-13-18-14-23-20(22-18)17-11-9-15(2)10-12-17/h4-12,14,19,21H,3,13H2,1-2H3. The van der Waals surface area contributed by atoms with Crippen molar-refractivity contribution in [3.05, 3.63) is 77.7 Å². The van der Waals surface area contributed by atoms with Gasteiger partial charge >= 0.3 is 0 Å². The number of rotatable bonds is 6. The van der Waals surface area contributed by atoms with Crippen molar-refractivity contribution in [2.75, 3.05) is 0 Å². The summed E-state index contributed by atoms with van der Waals surface area (Å²) in [6, 6.07) is 19.0. The first-order valence-electron chi connectivity index (χ1n) is 8.06. The van der Waals surface area contributed by atoms with Crippen molar-refractivity contribution < 1.29 is 4.42 Å². The fourth-order valence-electron chi connectivity index (χ4n) is 2.63. The van der Waals surface area contributed by atoms with Crippen molar-refractivity contribution in [2.24, 2.45) is 0 Å². The Kier molecular flexibility index (Phi) is 4.89. The van der Waals surface area contributed by atoms with Crippen LogP contribution in [0.25, 0.3) is 11.5 Å². The van der Waals surface area contributed by atoms with Gasteiger partial charge in [0.15, 0.2) is 0 Å². The Morgan fingerprint density at radius 1 is 1.04 bits per heavy atom. The Hall–Kier alpha value is -2.39. The molecule has 1 heterocycles. The average Bonchev–Trinajstić information content (AvgIpc) is 3.06.